The van der Waals surface area contributed by atoms with Gasteiger partial charge in [0.1, 0.15) is 23.2 Å². The van der Waals surface area contributed by atoms with E-state index < -0.39 is 29.4 Å². The lowest BCUT2D eigenvalue weighted by atomic mass is 9.73. The van der Waals surface area contributed by atoms with Crippen molar-refractivity contribution in [3.63, 3.8) is 0 Å². The number of halogens is 2. The molecule has 2 aromatic rings. The third kappa shape index (κ3) is 4.19. The van der Waals surface area contributed by atoms with E-state index in [1.54, 1.807) is 31.2 Å². The molecule has 7 heteroatoms. The average molecular weight is 433 g/mol. The number of ketones is 1. The number of ether oxygens (including phenoxy) is 3. The number of allylic oxidation sites excluding steroid dienone is 2. The number of methoxy groups -OCH3 is 2. The topological polar surface area (TPSA) is 61.8 Å². The van der Waals surface area contributed by atoms with Gasteiger partial charge in [-0.1, -0.05) is 17.7 Å². The van der Waals surface area contributed by atoms with Crippen molar-refractivity contribution in [2.24, 2.45) is 5.92 Å². The van der Waals surface area contributed by atoms with Gasteiger partial charge in [-0.3, -0.25) is 9.59 Å². The number of hydrogen-bond acceptors (Lipinski definition) is 5. The number of carbonyl (C=O) groups excluding carboxylic acids is 2. The molecule has 0 heterocycles. The van der Waals surface area contributed by atoms with Crippen molar-refractivity contribution >= 4 is 28.9 Å². The summed E-state index contributed by atoms with van der Waals surface area (Å²) in [5.74, 6) is -2.61. The molecule has 0 amide bonds. The van der Waals surface area contributed by atoms with Gasteiger partial charge in [0.25, 0.3) is 0 Å². The Hall–Kier alpha value is -2.86. The molecule has 2 aromatic carbocycles. The van der Waals surface area contributed by atoms with Gasteiger partial charge in [0, 0.05) is 28.1 Å². The van der Waals surface area contributed by atoms with Crippen LogP contribution in [0.15, 0.2) is 42.5 Å². The van der Waals surface area contributed by atoms with Crippen LogP contribution in [0, 0.1) is 11.7 Å². The van der Waals surface area contributed by atoms with Gasteiger partial charge in [-0.05, 0) is 49.3 Å². The Morgan fingerprint density at radius 3 is 2.60 bits per heavy atom. The van der Waals surface area contributed by atoms with Crippen molar-refractivity contribution in [1.29, 1.82) is 0 Å². The minimum atomic E-state index is -1.17. The highest BCUT2D eigenvalue weighted by atomic mass is 35.5. The zero-order chi connectivity index (χ0) is 21.8. The standard InChI is InChI=1S/C23H22ClFO5/c1-4-30-23(27)22-16(21-17(24)6-5-7-18(21)25)10-13(11-19(22)26)15-9-8-14(28-2)12-20(15)29-3/h5-9,11-12,16,22H,4,10H2,1-3H3/t16-,22+/m0/s1. The van der Waals surface area contributed by atoms with Crippen LogP contribution >= 0.6 is 11.6 Å². The first-order chi connectivity index (χ1) is 14.4. The molecule has 2 atom stereocenters. The summed E-state index contributed by atoms with van der Waals surface area (Å²) in [5, 5.41) is 0.157. The molecule has 0 saturated heterocycles. The Morgan fingerprint density at radius 2 is 1.97 bits per heavy atom. The van der Waals surface area contributed by atoms with Crippen LogP contribution in [0.3, 0.4) is 0 Å². The quantitative estimate of drug-likeness (QED) is 0.484. The molecule has 158 valence electrons. The minimum absolute atomic E-state index is 0.114. The normalized spacial score (nSPS) is 18.6. The molecule has 0 saturated carbocycles. The molecule has 1 aliphatic carbocycles. The van der Waals surface area contributed by atoms with E-state index in [0.717, 1.165) is 0 Å². The first-order valence-corrected chi connectivity index (χ1v) is 9.86. The Balaban J connectivity index is 2.13. The van der Waals surface area contributed by atoms with Crippen molar-refractivity contribution < 1.29 is 28.2 Å². The first kappa shape index (κ1) is 21.8. The molecule has 30 heavy (non-hydrogen) atoms. The fourth-order valence-electron chi connectivity index (χ4n) is 3.77. The van der Waals surface area contributed by atoms with Crippen molar-refractivity contribution in [3.8, 4) is 11.5 Å². The predicted molar refractivity (Wildman–Crippen MR) is 111 cm³/mol. The largest absolute Gasteiger partial charge is 0.497 e. The van der Waals surface area contributed by atoms with Crippen LogP contribution in [0.1, 0.15) is 30.4 Å². The Labute approximate surface area is 179 Å². The van der Waals surface area contributed by atoms with Gasteiger partial charge in [0.15, 0.2) is 5.78 Å². The van der Waals surface area contributed by atoms with Gasteiger partial charge in [0.05, 0.1) is 20.8 Å². The Morgan fingerprint density at radius 1 is 1.20 bits per heavy atom. The molecule has 0 N–H and O–H groups in total. The number of carbonyl (C=O) groups is 2. The second-order valence-corrected chi connectivity index (χ2v) is 7.22. The molecule has 0 spiro atoms. The second kappa shape index (κ2) is 9.30. The summed E-state index contributed by atoms with van der Waals surface area (Å²) in [6.45, 7) is 1.77. The predicted octanol–water partition coefficient (Wildman–Crippen LogP) is 4.82. The van der Waals surface area contributed by atoms with Gasteiger partial charge in [-0.15, -0.1) is 0 Å². The van der Waals surface area contributed by atoms with Gasteiger partial charge >= 0.3 is 5.97 Å². The maximum absolute atomic E-state index is 14.7. The van der Waals surface area contributed by atoms with Crippen molar-refractivity contribution in [2.75, 3.05) is 20.8 Å². The number of esters is 1. The third-order valence-corrected chi connectivity index (χ3v) is 5.46. The van der Waals surface area contributed by atoms with Crippen molar-refractivity contribution in [2.45, 2.75) is 19.3 Å². The lowest BCUT2D eigenvalue weighted by molar-refractivity contribution is -0.151. The van der Waals surface area contributed by atoms with E-state index in [-0.39, 0.29) is 23.6 Å². The highest BCUT2D eigenvalue weighted by molar-refractivity contribution is 6.31. The van der Waals surface area contributed by atoms with Crippen LogP contribution in [0.25, 0.3) is 5.57 Å². The summed E-state index contributed by atoms with van der Waals surface area (Å²) in [5.41, 5.74) is 1.40. The molecule has 0 bridgehead atoms. The van der Waals surface area contributed by atoms with Gasteiger partial charge in [-0.25, -0.2) is 4.39 Å². The summed E-state index contributed by atoms with van der Waals surface area (Å²) in [6, 6.07) is 9.49. The van der Waals surface area contributed by atoms with Crippen molar-refractivity contribution in [1.82, 2.24) is 0 Å². The van der Waals surface area contributed by atoms with Crippen molar-refractivity contribution in [3.05, 3.63) is 64.4 Å². The molecular weight excluding hydrogens is 411 g/mol. The lowest BCUT2D eigenvalue weighted by Crippen LogP contribution is -2.34. The SMILES string of the molecule is CCOC(=O)[C@H]1C(=O)C=C(c2ccc(OC)cc2OC)C[C@H]1c1c(F)cccc1Cl. The molecular formula is C23H22ClFO5. The summed E-state index contributed by atoms with van der Waals surface area (Å²) < 4.78 is 30.5. The fourth-order valence-corrected chi connectivity index (χ4v) is 4.07. The van der Waals surface area contributed by atoms with Gasteiger partial charge in [0.2, 0.25) is 0 Å². The molecule has 0 radical (unpaired) electrons. The van der Waals surface area contributed by atoms with E-state index in [2.05, 4.69) is 0 Å². The Kier molecular flexibility index (Phi) is 6.77. The first-order valence-electron chi connectivity index (χ1n) is 9.48. The number of rotatable bonds is 6. The zero-order valence-corrected chi connectivity index (χ0v) is 17.7. The zero-order valence-electron chi connectivity index (χ0n) is 16.9. The van der Waals surface area contributed by atoms with Gasteiger partial charge < -0.3 is 14.2 Å². The highest BCUT2D eigenvalue weighted by Crippen LogP contribution is 2.45. The van der Waals surface area contributed by atoms with E-state index in [0.29, 0.717) is 22.6 Å². The van der Waals surface area contributed by atoms with Crippen LogP contribution in [0.4, 0.5) is 4.39 Å². The van der Waals surface area contributed by atoms with Crippen LogP contribution in [-0.2, 0) is 14.3 Å². The number of hydrogen-bond donors (Lipinski definition) is 0. The van der Waals surface area contributed by atoms with E-state index in [9.17, 15) is 14.0 Å². The number of benzene rings is 2. The molecule has 0 aromatic heterocycles. The van der Waals surface area contributed by atoms with Crippen LogP contribution in [0.2, 0.25) is 5.02 Å². The van der Waals surface area contributed by atoms with Crippen LogP contribution in [0.5, 0.6) is 11.5 Å². The maximum Gasteiger partial charge on any atom is 0.317 e. The third-order valence-electron chi connectivity index (χ3n) is 5.13. The summed E-state index contributed by atoms with van der Waals surface area (Å²) in [7, 11) is 3.05. The summed E-state index contributed by atoms with van der Waals surface area (Å²) >= 11 is 6.29. The van der Waals surface area contributed by atoms with E-state index in [1.165, 1.54) is 32.4 Å². The monoisotopic (exact) mass is 432 g/mol. The minimum Gasteiger partial charge on any atom is -0.497 e. The van der Waals surface area contributed by atoms with Crippen LogP contribution in [-0.4, -0.2) is 32.6 Å². The average Bonchev–Trinajstić information content (AvgIpc) is 2.72. The molecule has 0 aliphatic heterocycles. The second-order valence-electron chi connectivity index (χ2n) is 6.81. The summed E-state index contributed by atoms with van der Waals surface area (Å²) in [4.78, 5) is 25.6. The van der Waals surface area contributed by atoms with Crippen LogP contribution < -0.4 is 9.47 Å². The fraction of sp³-hybridized carbons (Fsp3) is 0.304. The Bertz CT molecular complexity index is 981. The van der Waals surface area contributed by atoms with E-state index in [4.69, 9.17) is 25.8 Å². The molecule has 1 aliphatic rings. The molecule has 0 fully saturated rings. The molecule has 0 unspecified atom stereocenters. The van der Waals surface area contributed by atoms with Gasteiger partial charge in [-0.2, -0.15) is 0 Å². The highest BCUT2D eigenvalue weighted by Gasteiger charge is 2.42. The summed E-state index contributed by atoms with van der Waals surface area (Å²) in [6.07, 6.45) is 1.61. The lowest BCUT2D eigenvalue weighted by Gasteiger charge is -2.30. The smallest absolute Gasteiger partial charge is 0.317 e. The molecule has 3 rings (SSSR count). The molecule has 5 nitrogen and oxygen atoms in total. The van der Waals surface area contributed by atoms with E-state index >= 15 is 0 Å². The van der Waals surface area contributed by atoms with E-state index in [1.807, 2.05) is 0 Å². The maximum atomic E-state index is 14.7.